The average molecular weight is 215 g/mol. The second-order valence-electron chi connectivity index (χ2n) is 4.53. The normalized spacial score (nSPS) is 20.6. The van der Waals surface area contributed by atoms with E-state index in [1.165, 1.54) is 12.8 Å². The molecule has 0 heterocycles. The molecule has 2 unspecified atom stereocenters. The summed E-state index contributed by atoms with van der Waals surface area (Å²) in [5.41, 5.74) is 0. The Bertz CT molecular complexity index is 169. The van der Waals surface area contributed by atoms with Crippen LogP contribution in [0.5, 0.6) is 0 Å². The molecule has 3 nitrogen and oxygen atoms in total. The summed E-state index contributed by atoms with van der Waals surface area (Å²) in [6.07, 6.45) is 3.25. The lowest BCUT2D eigenvalue weighted by atomic mass is 10.1. The van der Waals surface area contributed by atoms with Crippen LogP contribution in [0.4, 0.5) is 0 Å². The Labute approximate surface area is 93.5 Å². The van der Waals surface area contributed by atoms with Crippen LogP contribution < -0.4 is 5.32 Å². The van der Waals surface area contributed by atoms with E-state index >= 15 is 0 Å². The molecular weight excluding hydrogens is 190 g/mol. The molecule has 1 saturated carbocycles. The lowest BCUT2D eigenvalue weighted by molar-refractivity contribution is -0.0213. The molecule has 0 spiro atoms. The van der Waals surface area contributed by atoms with Crippen LogP contribution >= 0.6 is 0 Å². The summed E-state index contributed by atoms with van der Waals surface area (Å²) in [4.78, 5) is 0. The summed E-state index contributed by atoms with van der Waals surface area (Å²) >= 11 is 0. The standard InChI is InChI=1S/C12H25NO2/c1-5-14-12(10-6-7-10)11(13-4)8-15-9(2)3/h9-13H,5-8H2,1-4H3. The van der Waals surface area contributed by atoms with Crippen LogP contribution in [0.1, 0.15) is 33.6 Å². The quantitative estimate of drug-likeness (QED) is 0.670. The smallest absolute Gasteiger partial charge is 0.0778 e. The SMILES string of the molecule is CCOC(C1CC1)C(COC(C)C)NC. The van der Waals surface area contributed by atoms with Crippen molar-refractivity contribution in [1.29, 1.82) is 0 Å². The van der Waals surface area contributed by atoms with Crippen LogP contribution in [-0.2, 0) is 9.47 Å². The monoisotopic (exact) mass is 215 g/mol. The molecule has 1 fully saturated rings. The van der Waals surface area contributed by atoms with Crippen molar-refractivity contribution < 1.29 is 9.47 Å². The van der Waals surface area contributed by atoms with Gasteiger partial charge in [0.1, 0.15) is 0 Å². The maximum atomic E-state index is 5.81. The second-order valence-corrected chi connectivity index (χ2v) is 4.53. The average Bonchev–Trinajstić information content (AvgIpc) is 3.00. The van der Waals surface area contributed by atoms with Crippen molar-refractivity contribution in [2.24, 2.45) is 5.92 Å². The first-order chi connectivity index (χ1) is 7.19. The zero-order chi connectivity index (χ0) is 11.3. The predicted octanol–water partition coefficient (Wildman–Crippen LogP) is 1.81. The molecule has 0 aromatic rings. The van der Waals surface area contributed by atoms with Crippen molar-refractivity contribution in [2.75, 3.05) is 20.3 Å². The first-order valence-corrected chi connectivity index (χ1v) is 6.09. The zero-order valence-electron chi connectivity index (χ0n) is 10.5. The molecule has 0 amide bonds. The third-order valence-electron chi connectivity index (χ3n) is 2.82. The lowest BCUT2D eigenvalue weighted by Crippen LogP contribution is -2.44. The summed E-state index contributed by atoms with van der Waals surface area (Å²) in [6, 6.07) is 0.333. The van der Waals surface area contributed by atoms with Gasteiger partial charge in [-0.05, 0) is 46.6 Å². The Balaban J connectivity index is 2.37. The summed E-state index contributed by atoms with van der Waals surface area (Å²) in [6.45, 7) is 7.74. The number of nitrogens with one attached hydrogen (secondary N) is 1. The molecule has 2 atom stereocenters. The van der Waals surface area contributed by atoms with Crippen LogP contribution in [0, 0.1) is 5.92 Å². The van der Waals surface area contributed by atoms with Crippen molar-refractivity contribution in [1.82, 2.24) is 5.32 Å². The highest BCUT2D eigenvalue weighted by molar-refractivity contribution is 4.90. The number of ether oxygens (including phenoxy) is 2. The maximum Gasteiger partial charge on any atom is 0.0778 e. The third-order valence-corrected chi connectivity index (χ3v) is 2.82. The van der Waals surface area contributed by atoms with Gasteiger partial charge < -0.3 is 14.8 Å². The van der Waals surface area contributed by atoms with Gasteiger partial charge in [0.25, 0.3) is 0 Å². The highest BCUT2D eigenvalue weighted by Crippen LogP contribution is 2.35. The van der Waals surface area contributed by atoms with E-state index in [0.717, 1.165) is 19.1 Å². The molecule has 1 N–H and O–H groups in total. The Hall–Kier alpha value is -0.120. The number of hydrogen-bond acceptors (Lipinski definition) is 3. The van der Waals surface area contributed by atoms with Crippen LogP contribution in [-0.4, -0.2) is 38.5 Å². The fourth-order valence-electron chi connectivity index (χ4n) is 1.84. The van der Waals surface area contributed by atoms with Crippen LogP contribution in [0.3, 0.4) is 0 Å². The Morgan fingerprint density at radius 1 is 1.27 bits per heavy atom. The van der Waals surface area contributed by atoms with E-state index < -0.39 is 0 Å². The molecule has 90 valence electrons. The van der Waals surface area contributed by atoms with Crippen molar-refractivity contribution >= 4 is 0 Å². The van der Waals surface area contributed by atoms with E-state index in [1.54, 1.807) is 0 Å². The van der Waals surface area contributed by atoms with Gasteiger partial charge in [-0.1, -0.05) is 0 Å². The third kappa shape index (κ3) is 4.49. The molecule has 1 aliphatic rings. The van der Waals surface area contributed by atoms with Gasteiger partial charge in [-0.15, -0.1) is 0 Å². The number of rotatable bonds is 8. The van der Waals surface area contributed by atoms with Gasteiger partial charge in [0.2, 0.25) is 0 Å². The van der Waals surface area contributed by atoms with Gasteiger partial charge in [-0.25, -0.2) is 0 Å². The molecule has 1 aliphatic carbocycles. The minimum absolute atomic E-state index is 0.294. The summed E-state index contributed by atoms with van der Waals surface area (Å²) < 4.78 is 11.5. The number of hydrogen-bond donors (Lipinski definition) is 1. The summed E-state index contributed by atoms with van der Waals surface area (Å²) in [5, 5.41) is 3.31. The van der Waals surface area contributed by atoms with Gasteiger partial charge in [-0.2, -0.15) is 0 Å². The molecule has 3 heteroatoms. The molecule has 0 aromatic carbocycles. The van der Waals surface area contributed by atoms with Crippen molar-refractivity contribution in [3.63, 3.8) is 0 Å². The fraction of sp³-hybridized carbons (Fsp3) is 1.00. The summed E-state index contributed by atoms with van der Waals surface area (Å²) in [5.74, 6) is 0.748. The Morgan fingerprint density at radius 3 is 2.33 bits per heavy atom. The molecule has 0 bridgehead atoms. The largest absolute Gasteiger partial charge is 0.377 e. The Kier molecular flexibility index (Phi) is 5.58. The van der Waals surface area contributed by atoms with E-state index in [9.17, 15) is 0 Å². The minimum Gasteiger partial charge on any atom is -0.377 e. The molecule has 15 heavy (non-hydrogen) atoms. The van der Waals surface area contributed by atoms with Gasteiger partial charge in [0.15, 0.2) is 0 Å². The fourth-order valence-corrected chi connectivity index (χ4v) is 1.84. The van der Waals surface area contributed by atoms with Crippen molar-refractivity contribution in [3.05, 3.63) is 0 Å². The maximum absolute atomic E-state index is 5.81. The lowest BCUT2D eigenvalue weighted by Gasteiger charge is -2.27. The van der Waals surface area contributed by atoms with Crippen molar-refractivity contribution in [2.45, 2.75) is 51.9 Å². The molecule has 0 saturated heterocycles. The van der Waals surface area contributed by atoms with E-state index in [-0.39, 0.29) is 0 Å². The van der Waals surface area contributed by atoms with Gasteiger partial charge in [-0.3, -0.25) is 0 Å². The van der Waals surface area contributed by atoms with Crippen LogP contribution in [0.25, 0.3) is 0 Å². The van der Waals surface area contributed by atoms with Crippen LogP contribution in [0.2, 0.25) is 0 Å². The van der Waals surface area contributed by atoms with Gasteiger partial charge in [0.05, 0.1) is 24.9 Å². The molecule has 0 aliphatic heterocycles. The van der Waals surface area contributed by atoms with Gasteiger partial charge in [0, 0.05) is 6.61 Å². The predicted molar refractivity (Wildman–Crippen MR) is 62.1 cm³/mol. The van der Waals surface area contributed by atoms with Crippen molar-refractivity contribution in [3.8, 4) is 0 Å². The number of likely N-dealkylation sites (N-methyl/N-ethyl adjacent to an activating group) is 1. The Morgan fingerprint density at radius 2 is 1.93 bits per heavy atom. The molecule has 0 radical (unpaired) electrons. The first kappa shape index (κ1) is 12.9. The first-order valence-electron chi connectivity index (χ1n) is 6.09. The highest BCUT2D eigenvalue weighted by atomic mass is 16.5. The minimum atomic E-state index is 0.294. The molecular formula is C12H25NO2. The van der Waals surface area contributed by atoms with E-state index in [1.807, 2.05) is 7.05 Å². The van der Waals surface area contributed by atoms with E-state index in [4.69, 9.17) is 9.47 Å². The van der Waals surface area contributed by atoms with Crippen LogP contribution in [0.15, 0.2) is 0 Å². The zero-order valence-corrected chi connectivity index (χ0v) is 10.5. The van der Waals surface area contributed by atoms with E-state index in [0.29, 0.717) is 18.2 Å². The second kappa shape index (κ2) is 6.46. The highest BCUT2D eigenvalue weighted by Gasteiger charge is 2.36. The molecule has 1 rings (SSSR count). The topological polar surface area (TPSA) is 30.5 Å². The van der Waals surface area contributed by atoms with E-state index in [2.05, 4.69) is 26.1 Å². The van der Waals surface area contributed by atoms with Gasteiger partial charge >= 0.3 is 0 Å². The molecule has 0 aromatic heterocycles. The summed E-state index contributed by atoms with van der Waals surface area (Å²) in [7, 11) is 1.99.